The highest BCUT2D eigenvalue weighted by atomic mass is 19.1. The maximum atomic E-state index is 13.5. The maximum absolute atomic E-state index is 13.5. The lowest BCUT2D eigenvalue weighted by Crippen LogP contribution is -1.96. The lowest BCUT2D eigenvalue weighted by Gasteiger charge is -2.10. The summed E-state index contributed by atoms with van der Waals surface area (Å²) in [5.74, 6) is -1.63. The van der Waals surface area contributed by atoms with Crippen molar-refractivity contribution in [2.24, 2.45) is 0 Å². The molecule has 0 unspecified atom stereocenters. The van der Waals surface area contributed by atoms with Crippen molar-refractivity contribution in [3.8, 4) is 34.0 Å². The number of halogens is 2. The Hall–Kier alpha value is -3.28. The van der Waals surface area contributed by atoms with Crippen LogP contribution in [0.15, 0.2) is 48.5 Å². The molecule has 0 fully saturated rings. The van der Waals surface area contributed by atoms with Gasteiger partial charge in [0.2, 0.25) is 0 Å². The number of phenolic OH excluding ortho intramolecular Hbond substituents is 2. The van der Waals surface area contributed by atoms with Crippen LogP contribution in [0.3, 0.4) is 0 Å². The van der Waals surface area contributed by atoms with E-state index in [9.17, 15) is 23.8 Å². The molecule has 0 aliphatic rings. The van der Waals surface area contributed by atoms with Crippen molar-refractivity contribution < 1.29 is 23.8 Å². The molecule has 24 heavy (non-hydrogen) atoms. The molecule has 0 aliphatic carbocycles. The molecule has 1 heterocycles. The quantitative estimate of drug-likeness (QED) is 0.715. The van der Waals surface area contributed by atoms with Gasteiger partial charge in [0.05, 0.1) is 11.4 Å². The minimum absolute atomic E-state index is 0.0230. The van der Waals surface area contributed by atoms with E-state index in [4.69, 9.17) is 0 Å². The number of aromatic nitrogens is 1. The number of nitrogens with zero attached hydrogens (tertiary/aromatic N) is 1. The van der Waals surface area contributed by atoms with Crippen LogP contribution in [0.4, 0.5) is 8.78 Å². The molecule has 6 heteroatoms. The first-order chi connectivity index (χ1) is 11.5. The van der Waals surface area contributed by atoms with E-state index in [0.29, 0.717) is 6.29 Å². The molecule has 3 aromatic rings. The number of hydrogen-bond donors (Lipinski definition) is 2. The van der Waals surface area contributed by atoms with E-state index >= 15 is 0 Å². The third-order valence-electron chi connectivity index (χ3n) is 3.50. The highest BCUT2D eigenvalue weighted by Gasteiger charge is 2.15. The summed E-state index contributed by atoms with van der Waals surface area (Å²) in [6, 6.07) is 9.46. The van der Waals surface area contributed by atoms with Crippen LogP contribution >= 0.6 is 0 Å². The van der Waals surface area contributed by atoms with Gasteiger partial charge in [-0.05, 0) is 48.5 Å². The van der Waals surface area contributed by atoms with Crippen LogP contribution in [-0.2, 0) is 0 Å². The molecule has 2 N–H and O–H groups in total. The molecule has 4 nitrogen and oxygen atoms in total. The van der Waals surface area contributed by atoms with Gasteiger partial charge in [-0.1, -0.05) is 0 Å². The molecule has 0 saturated carbocycles. The lowest BCUT2D eigenvalue weighted by molar-refractivity contribution is 0.112. The van der Waals surface area contributed by atoms with Crippen LogP contribution in [0.1, 0.15) is 10.4 Å². The second kappa shape index (κ2) is 6.08. The number of carbonyl (C=O) groups excluding carboxylic acids is 1. The van der Waals surface area contributed by atoms with E-state index in [-0.39, 0.29) is 39.6 Å². The molecular weight excluding hydrogens is 316 g/mol. The Morgan fingerprint density at radius 2 is 1.42 bits per heavy atom. The number of rotatable bonds is 3. The van der Waals surface area contributed by atoms with Crippen LogP contribution in [0.5, 0.6) is 11.5 Å². The topological polar surface area (TPSA) is 70.4 Å². The Morgan fingerprint density at radius 1 is 0.833 bits per heavy atom. The van der Waals surface area contributed by atoms with Crippen molar-refractivity contribution in [2.45, 2.75) is 0 Å². The molecule has 0 atom stereocenters. The standard InChI is InChI=1S/C18H11F2NO3/c19-11-2-5-16(23)13(7-11)15-4-1-10(9-22)18(21-15)14-8-12(20)3-6-17(14)24/h1-9,23-24H. The van der Waals surface area contributed by atoms with Gasteiger partial charge >= 0.3 is 0 Å². The molecule has 1 aromatic heterocycles. The monoisotopic (exact) mass is 327 g/mol. The predicted octanol–water partition coefficient (Wildman–Crippen LogP) is 3.92. The lowest BCUT2D eigenvalue weighted by atomic mass is 10.0. The van der Waals surface area contributed by atoms with Gasteiger partial charge in [0.25, 0.3) is 0 Å². The van der Waals surface area contributed by atoms with Crippen LogP contribution in [-0.4, -0.2) is 21.5 Å². The minimum atomic E-state index is -0.611. The zero-order valence-electron chi connectivity index (χ0n) is 12.2. The molecule has 2 aromatic carbocycles. The number of phenols is 2. The molecule has 0 aliphatic heterocycles. The number of hydrogen-bond acceptors (Lipinski definition) is 4. The first kappa shape index (κ1) is 15.6. The first-order valence-corrected chi connectivity index (χ1v) is 6.93. The van der Waals surface area contributed by atoms with Crippen molar-refractivity contribution in [1.82, 2.24) is 4.98 Å². The number of aromatic hydroxyl groups is 2. The summed E-state index contributed by atoms with van der Waals surface area (Å²) in [5, 5.41) is 19.8. The number of benzene rings is 2. The molecule has 3 rings (SSSR count). The molecule has 0 saturated heterocycles. The van der Waals surface area contributed by atoms with Gasteiger partial charge < -0.3 is 10.2 Å². The number of aldehydes is 1. The van der Waals surface area contributed by atoms with Crippen molar-refractivity contribution >= 4 is 6.29 Å². The molecule has 0 bridgehead atoms. The SMILES string of the molecule is O=Cc1ccc(-c2cc(F)ccc2O)nc1-c1cc(F)ccc1O. The zero-order valence-corrected chi connectivity index (χ0v) is 12.2. The first-order valence-electron chi connectivity index (χ1n) is 6.93. The van der Waals surface area contributed by atoms with Gasteiger partial charge in [-0.25, -0.2) is 13.8 Å². The maximum Gasteiger partial charge on any atom is 0.152 e. The molecule has 120 valence electrons. The summed E-state index contributed by atoms with van der Waals surface area (Å²) in [6.45, 7) is 0. The zero-order chi connectivity index (χ0) is 17.3. The van der Waals surface area contributed by atoms with Crippen molar-refractivity contribution in [3.05, 3.63) is 65.7 Å². The Bertz CT molecular complexity index is 942. The van der Waals surface area contributed by atoms with Gasteiger partial charge in [0.1, 0.15) is 23.1 Å². The fourth-order valence-electron chi connectivity index (χ4n) is 2.34. The van der Waals surface area contributed by atoms with Crippen molar-refractivity contribution in [3.63, 3.8) is 0 Å². The largest absolute Gasteiger partial charge is 0.507 e. The Labute approximate surface area is 135 Å². The van der Waals surface area contributed by atoms with E-state index in [1.54, 1.807) is 0 Å². The van der Waals surface area contributed by atoms with Gasteiger partial charge in [-0.2, -0.15) is 0 Å². The summed E-state index contributed by atoms with van der Waals surface area (Å²) in [7, 11) is 0. The second-order valence-corrected chi connectivity index (χ2v) is 5.08. The average molecular weight is 327 g/mol. The molecule has 0 spiro atoms. The van der Waals surface area contributed by atoms with Crippen LogP contribution in [0.25, 0.3) is 22.5 Å². The summed E-state index contributed by atoms with van der Waals surface area (Å²) >= 11 is 0. The van der Waals surface area contributed by atoms with Gasteiger partial charge in [0, 0.05) is 16.7 Å². The van der Waals surface area contributed by atoms with Crippen LogP contribution < -0.4 is 0 Å². The van der Waals surface area contributed by atoms with Gasteiger partial charge in [-0.3, -0.25) is 4.79 Å². The smallest absolute Gasteiger partial charge is 0.152 e. The van der Waals surface area contributed by atoms with E-state index in [0.717, 1.165) is 30.3 Å². The fraction of sp³-hybridized carbons (Fsp3) is 0. The summed E-state index contributed by atoms with van der Waals surface area (Å²) in [6.07, 6.45) is 0.516. The number of carbonyl (C=O) groups is 1. The Kier molecular flexibility index (Phi) is 3.95. The third-order valence-corrected chi connectivity index (χ3v) is 3.50. The fourth-order valence-corrected chi connectivity index (χ4v) is 2.34. The average Bonchev–Trinajstić information content (AvgIpc) is 2.58. The Morgan fingerprint density at radius 3 is 2.04 bits per heavy atom. The predicted molar refractivity (Wildman–Crippen MR) is 83.7 cm³/mol. The van der Waals surface area contributed by atoms with Crippen LogP contribution in [0.2, 0.25) is 0 Å². The van der Waals surface area contributed by atoms with E-state index in [1.165, 1.54) is 18.2 Å². The van der Waals surface area contributed by atoms with Crippen LogP contribution in [0, 0.1) is 11.6 Å². The van der Waals surface area contributed by atoms with Gasteiger partial charge in [-0.15, -0.1) is 0 Å². The third kappa shape index (κ3) is 2.81. The van der Waals surface area contributed by atoms with E-state index < -0.39 is 11.6 Å². The highest BCUT2D eigenvalue weighted by Crippen LogP contribution is 2.34. The summed E-state index contributed by atoms with van der Waals surface area (Å²) in [5.41, 5.74) is 0.467. The van der Waals surface area contributed by atoms with Crippen molar-refractivity contribution in [2.75, 3.05) is 0 Å². The van der Waals surface area contributed by atoms with E-state index in [2.05, 4.69) is 4.98 Å². The molecular formula is C18H11F2NO3. The van der Waals surface area contributed by atoms with E-state index in [1.807, 2.05) is 0 Å². The summed E-state index contributed by atoms with van der Waals surface area (Å²) in [4.78, 5) is 15.4. The molecule has 0 radical (unpaired) electrons. The number of pyridine rings is 1. The Balaban J connectivity index is 2.25. The summed E-state index contributed by atoms with van der Waals surface area (Å²) < 4.78 is 26.9. The highest BCUT2D eigenvalue weighted by molar-refractivity contribution is 5.88. The van der Waals surface area contributed by atoms with Crippen molar-refractivity contribution in [1.29, 1.82) is 0 Å². The normalized spacial score (nSPS) is 10.6. The minimum Gasteiger partial charge on any atom is -0.507 e. The van der Waals surface area contributed by atoms with Gasteiger partial charge in [0.15, 0.2) is 6.29 Å². The molecule has 0 amide bonds. The second-order valence-electron chi connectivity index (χ2n) is 5.08.